The SMILES string of the molecule is Cc1cc(OC(C)C)ccc1N1C(=O)Nc2c(C(=O)N[C@H]3CC[C@@H](NC(=O)/C=C/CN(C)C)C3)sc3nccc1c23. The number of nitrogens with one attached hydrogen (secondary N) is 3. The minimum Gasteiger partial charge on any atom is -0.491 e. The molecule has 5 rings (SSSR count). The number of aromatic nitrogens is 1. The van der Waals surface area contributed by atoms with Crippen molar-refractivity contribution in [1.29, 1.82) is 0 Å². The molecule has 2 aromatic heterocycles. The molecular weight excluding hydrogens is 540 g/mol. The molecule has 1 aliphatic carbocycles. The van der Waals surface area contributed by atoms with Crippen molar-refractivity contribution in [1.82, 2.24) is 20.5 Å². The third kappa shape index (κ3) is 6.20. The predicted octanol–water partition coefficient (Wildman–Crippen LogP) is 4.96. The van der Waals surface area contributed by atoms with Gasteiger partial charge in [0.2, 0.25) is 5.91 Å². The van der Waals surface area contributed by atoms with Gasteiger partial charge in [-0.2, -0.15) is 0 Å². The Morgan fingerprint density at radius 1 is 1.20 bits per heavy atom. The molecule has 3 heterocycles. The van der Waals surface area contributed by atoms with Crippen LogP contribution in [-0.4, -0.2) is 66.6 Å². The Bertz CT molecular complexity index is 1510. The highest BCUT2D eigenvalue weighted by Gasteiger charge is 2.34. The van der Waals surface area contributed by atoms with Gasteiger partial charge in [0.15, 0.2) is 0 Å². The fraction of sp³-hybridized carbons (Fsp3) is 0.400. The van der Waals surface area contributed by atoms with E-state index in [1.54, 1.807) is 23.2 Å². The molecule has 0 saturated heterocycles. The van der Waals surface area contributed by atoms with E-state index in [1.165, 1.54) is 11.3 Å². The average molecular weight is 577 g/mol. The van der Waals surface area contributed by atoms with E-state index in [4.69, 9.17) is 4.74 Å². The van der Waals surface area contributed by atoms with Crippen molar-refractivity contribution in [3.8, 4) is 5.75 Å². The van der Waals surface area contributed by atoms with Gasteiger partial charge in [-0.15, -0.1) is 11.3 Å². The zero-order valence-corrected chi connectivity index (χ0v) is 24.8. The summed E-state index contributed by atoms with van der Waals surface area (Å²) in [7, 11) is 3.89. The zero-order valence-electron chi connectivity index (χ0n) is 24.0. The lowest BCUT2D eigenvalue weighted by Gasteiger charge is -2.29. The Morgan fingerprint density at radius 2 is 1.95 bits per heavy atom. The molecule has 1 saturated carbocycles. The topological polar surface area (TPSA) is 116 Å². The number of amides is 4. The summed E-state index contributed by atoms with van der Waals surface area (Å²) >= 11 is 1.26. The molecule has 10 nitrogen and oxygen atoms in total. The molecule has 2 atom stereocenters. The summed E-state index contributed by atoms with van der Waals surface area (Å²) in [6, 6.07) is 7.02. The van der Waals surface area contributed by atoms with Crippen molar-refractivity contribution in [2.75, 3.05) is 30.9 Å². The van der Waals surface area contributed by atoms with Crippen LogP contribution < -0.4 is 25.6 Å². The second-order valence-corrected chi connectivity index (χ2v) is 12.0. The van der Waals surface area contributed by atoms with Crippen molar-refractivity contribution in [3.05, 3.63) is 53.1 Å². The first-order valence-electron chi connectivity index (χ1n) is 13.8. The number of nitrogens with zero attached hydrogens (tertiary/aromatic N) is 3. The standard InChI is InChI=1S/C30H36N6O4S/c1-17(2)40-21-10-11-22(18(3)15-21)36-23-12-13-31-29-25(23)26(34-30(36)39)27(41-29)28(38)33-20-9-8-19(16-20)32-24(37)7-6-14-35(4)5/h6-7,10-13,15,17,19-20H,8-9,14,16H2,1-5H3,(H,32,37)(H,33,38)(H,34,39)/b7-6+/t19-,20+/m1/s1. The van der Waals surface area contributed by atoms with Crippen LogP contribution in [0.3, 0.4) is 0 Å². The summed E-state index contributed by atoms with van der Waals surface area (Å²) in [4.78, 5) is 48.4. The first kappa shape index (κ1) is 28.6. The van der Waals surface area contributed by atoms with Gasteiger partial charge in [-0.3, -0.25) is 14.5 Å². The fourth-order valence-corrected chi connectivity index (χ4v) is 6.34. The number of hydrogen-bond donors (Lipinski definition) is 3. The molecular formula is C30H36N6O4S. The van der Waals surface area contributed by atoms with E-state index in [-0.39, 0.29) is 36.0 Å². The summed E-state index contributed by atoms with van der Waals surface area (Å²) in [6.45, 7) is 6.57. The quantitative estimate of drug-likeness (QED) is 0.310. The lowest BCUT2D eigenvalue weighted by Crippen LogP contribution is -2.37. The summed E-state index contributed by atoms with van der Waals surface area (Å²) in [5.41, 5.74) is 2.77. The number of pyridine rings is 1. The van der Waals surface area contributed by atoms with Crippen LogP contribution in [0.25, 0.3) is 10.2 Å². The Hall–Kier alpha value is -3.96. The van der Waals surface area contributed by atoms with Gasteiger partial charge in [0.05, 0.1) is 28.6 Å². The molecule has 0 bridgehead atoms. The number of carbonyl (C=O) groups excluding carboxylic acids is 3. The molecule has 2 aliphatic rings. The monoisotopic (exact) mass is 576 g/mol. The van der Waals surface area contributed by atoms with Crippen molar-refractivity contribution in [3.63, 3.8) is 0 Å². The first-order chi connectivity index (χ1) is 19.6. The molecule has 216 valence electrons. The van der Waals surface area contributed by atoms with Gasteiger partial charge in [-0.25, -0.2) is 9.78 Å². The van der Waals surface area contributed by atoms with Crippen molar-refractivity contribution in [2.45, 2.75) is 58.2 Å². The van der Waals surface area contributed by atoms with Gasteiger partial charge >= 0.3 is 6.03 Å². The molecule has 0 spiro atoms. The number of benzene rings is 1. The highest BCUT2D eigenvalue weighted by atomic mass is 32.1. The fourth-order valence-electron chi connectivity index (χ4n) is 5.32. The van der Waals surface area contributed by atoms with Crippen LogP contribution in [0.15, 0.2) is 42.6 Å². The largest absolute Gasteiger partial charge is 0.491 e. The number of hydrogen-bond acceptors (Lipinski definition) is 7. The molecule has 11 heteroatoms. The summed E-state index contributed by atoms with van der Waals surface area (Å²) < 4.78 is 5.81. The molecule has 1 fully saturated rings. The summed E-state index contributed by atoms with van der Waals surface area (Å²) in [5.74, 6) is 0.362. The number of anilines is 3. The van der Waals surface area contributed by atoms with E-state index in [0.717, 1.165) is 35.2 Å². The van der Waals surface area contributed by atoms with E-state index in [0.29, 0.717) is 34.0 Å². The second-order valence-electron chi connectivity index (χ2n) is 11.1. The zero-order chi connectivity index (χ0) is 29.3. The van der Waals surface area contributed by atoms with Crippen LogP contribution in [0.1, 0.15) is 48.3 Å². The molecule has 0 radical (unpaired) electrons. The van der Waals surface area contributed by atoms with Crippen LogP contribution in [0.5, 0.6) is 5.75 Å². The van der Waals surface area contributed by atoms with Gasteiger partial charge < -0.3 is 25.6 Å². The van der Waals surface area contributed by atoms with Gasteiger partial charge in [-0.1, -0.05) is 6.08 Å². The summed E-state index contributed by atoms with van der Waals surface area (Å²) in [6.07, 6.45) is 7.28. The molecule has 3 aromatic rings. The molecule has 0 unspecified atom stereocenters. The molecule has 1 aromatic carbocycles. The van der Waals surface area contributed by atoms with Crippen LogP contribution >= 0.6 is 11.3 Å². The third-order valence-electron chi connectivity index (χ3n) is 7.09. The number of thiophene rings is 1. The van der Waals surface area contributed by atoms with E-state index >= 15 is 0 Å². The van der Waals surface area contributed by atoms with Crippen LogP contribution in [0, 0.1) is 6.92 Å². The van der Waals surface area contributed by atoms with E-state index in [2.05, 4.69) is 20.9 Å². The number of ether oxygens (including phenoxy) is 1. The van der Waals surface area contributed by atoms with Gasteiger partial charge in [0, 0.05) is 30.9 Å². The molecule has 4 amide bonds. The van der Waals surface area contributed by atoms with Gasteiger partial charge in [0.1, 0.15) is 15.5 Å². The predicted molar refractivity (Wildman–Crippen MR) is 162 cm³/mol. The highest BCUT2D eigenvalue weighted by Crippen LogP contribution is 2.46. The van der Waals surface area contributed by atoms with Crippen molar-refractivity contribution >= 4 is 56.5 Å². The second kappa shape index (κ2) is 11.9. The van der Waals surface area contributed by atoms with Crippen LogP contribution in [0.2, 0.25) is 0 Å². The Balaban J connectivity index is 1.33. The maximum absolute atomic E-state index is 13.5. The molecule has 3 N–H and O–H groups in total. The van der Waals surface area contributed by atoms with Gasteiger partial charge in [0.25, 0.3) is 5.91 Å². The van der Waals surface area contributed by atoms with Crippen LogP contribution in [0.4, 0.5) is 21.9 Å². The normalized spacial score (nSPS) is 18.4. The van der Waals surface area contributed by atoms with E-state index in [1.807, 2.05) is 64.0 Å². The Labute approximate surface area is 243 Å². The maximum atomic E-state index is 13.5. The Kier molecular flexibility index (Phi) is 8.27. The Morgan fingerprint density at radius 3 is 2.66 bits per heavy atom. The minimum atomic E-state index is -0.343. The third-order valence-corrected chi connectivity index (χ3v) is 8.18. The number of aryl methyl sites for hydroxylation is 1. The number of carbonyl (C=O) groups is 3. The van der Waals surface area contributed by atoms with E-state index < -0.39 is 0 Å². The smallest absolute Gasteiger partial charge is 0.331 e. The number of urea groups is 1. The highest BCUT2D eigenvalue weighted by molar-refractivity contribution is 7.21. The van der Waals surface area contributed by atoms with Crippen molar-refractivity contribution in [2.24, 2.45) is 0 Å². The number of likely N-dealkylation sites (N-methyl/N-ethyl adjacent to an activating group) is 1. The van der Waals surface area contributed by atoms with Crippen molar-refractivity contribution < 1.29 is 19.1 Å². The maximum Gasteiger partial charge on any atom is 0.331 e. The number of rotatable bonds is 9. The molecule has 41 heavy (non-hydrogen) atoms. The lowest BCUT2D eigenvalue weighted by atomic mass is 10.1. The first-order valence-corrected chi connectivity index (χ1v) is 14.6. The average Bonchev–Trinajstić information content (AvgIpc) is 3.49. The van der Waals surface area contributed by atoms with Crippen LogP contribution in [-0.2, 0) is 4.79 Å². The molecule has 1 aliphatic heterocycles. The van der Waals surface area contributed by atoms with E-state index in [9.17, 15) is 14.4 Å². The summed E-state index contributed by atoms with van der Waals surface area (Å²) in [5, 5.41) is 9.84. The van der Waals surface area contributed by atoms with Gasteiger partial charge in [-0.05, 0) is 84.0 Å². The minimum absolute atomic E-state index is 0.000311. The lowest BCUT2D eigenvalue weighted by molar-refractivity contribution is -0.117.